The molecular weight excluding hydrogens is 376 g/mol. The summed E-state index contributed by atoms with van der Waals surface area (Å²) in [6.07, 6.45) is 10.5. The van der Waals surface area contributed by atoms with Crippen LogP contribution < -0.4 is 10.6 Å². The number of nitriles is 1. The number of fused-ring (bicyclic) bond motifs is 1. The molecule has 2 aliphatic heterocycles. The molecule has 0 aliphatic carbocycles. The van der Waals surface area contributed by atoms with Crippen LogP contribution >= 0.6 is 0 Å². The average Bonchev–Trinajstić information content (AvgIpc) is 3.23. The van der Waals surface area contributed by atoms with Gasteiger partial charge in [-0.05, 0) is 48.6 Å². The predicted octanol–water partition coefficient (Wildman–Crippen LogP) is 3.00. The van der Waals surface area contributed by atoms with Crippen LogP contribution in [0.5, 0.6) is 0 Å². The Morgan fingerprint density at radius 2 is 2.03 bits per heavy atom. The molecule has 0 unspecified atom stereocenters. The molecule has 0 amide bonds. The third-order valence-corrected chi connectivity index (χ3v) is 5.99. The fourth-order valence-corrected chi connectivity index (χ4v) is 4.25. The normalized spacial score (nSPS) is 17.7. The molecule has 30 heavy (non-hydrogen) atoms. The van der Waals surface area contributed by atoms with Crippen molar-refractivity contribution in [2.75, 3.05) is 31.2 Å². The first kappa shape index (κ1) is 18.8. The topological polar surface area (TPSA) is 92.5 Å². The van der Waals surface area contributed by atoms with E-state index in [1.807, 2.05) is 12.4 Å². The van der Waals surface area contributed by atoms with Gasteiger partial charge >= 0.3 is 0 Å². The van der Waals surface area contributed by atoms with Crippen molar-refractivity contribution in [1.29, 1.82) is 5.26 Å². The lowest BCUT2D eigenvalue weighted by Gasteiger charge is -2.31. The van der Waals surface area contributed by atoms with Gasteiger partial charge in [0.25, 0.3) is 0 Å². The summed E-state index contributed by atoms with van der Waals surface area (Å²) >= 11 is 0. The Morgan fingerprint density at radius 3 is 2.73 bits per heavy atom. The smallest absolute Gasteiger partial charge is 0.128 e. The molecule has 0 bridgehead atoms. The van der Waals surface area contributed by atoms with Crippen LogP contribution in [0.15, 0.2) is 42.9 Å². The van der Waals surface area contributed by atoms with E-state index in [9.17, 15) is 5.26 Å². The van der Waals surface area contributed by atoms with E-state index in [1.165, 1.54) is 5.57 Å². The van der Waals surface area contributed by atoms with Gasteiger partial charge in [0, 0.05) is 42.7 Å². The Balaban J connectivity index is 1.56. The van der Waals surface area contributed by atoms with Gasteiger partial charge in [0.05, 0.1) is 30.5 Å². The highest BCUT2D eigenvalue weighted by Crippen LogP contribution is 2.32. The van der Waals surface area contributed by atoms with Crippen LogP contribution in [0.2, 0.25) is 0 Å². The van der Waals surface area contributed by atoms with Gasteiger partial charge in [-0.15, -0.1) is 0 Å². The van der Waals surface area contributed by atoms with Crippen molar-refractivity contribution in [1.82, 2.24) is 14.6 Å². The van der Waals surface area contributed by atoms with Gasteiger partial charge in [0.15, 0.2) is 0 Å². The predicted molar refractivity (Wildman–Crippen MR) is 116 cm³/mol. The molecule has 7 heteroatoms. The second-order valence-corrected chi connectivity index (χ2v) is 7.89. The van der Waals surface area contributed by atoms with E-state index >= 15 is 0 Å². The van der Waals surface area contributed by atoms with Crippen LogP contribution in [0.25, 0.3) is 22.2 Å². The molecule has 1 saturated heterocycles. The third kappa shape index (κ3) is 3.45. The molecular formula is C23H24N6O. The summed E-state index contributed by atoms with van der Waals surface area (Å²) in [5, 5.41) is 14.0. The van der Waals surface area contributed by atoms with E-state index in [-0.39, 0.29) is 0 Å². The number of rotatable bonds is 3. The van der Waals surface area contributed by atoms with E-state index in [1.54, 1.807) is 10.7 Å². The minimum Gasteiger partial charge on any atom is -0.377 e. The number of pyridine rings is 2. The lowest BCUT2D eigenvalue weighted by Crippen LogP contribution is -2.40. The molecule has 0 atom stereocenters. The molecule has 0 spiro atoms. The van der Waals surface area contributed by atoms with Crippen molar-refractivity contribution in [2.45, 2.75) is 25.3 Å². The van der Waals surface area contributed by atoms with Crippen molar-refractivity contribution in [3.8, 4) is 17.2 Å². The summed E-state index contributed by atoms with van der Waals surface area (Å²) in [5.74, 6) is 0.971. The number of nitrogens with two attached hydrogens (primary N) is 1. The van der Waals surface area contributed by atoms with Crippen LogP contribution in [0.3, 0.4) is 0 Å². The summed E-state index contributed by atoms with van der Waals surface area (Å²) in [4.78, 5) is 7.01. The van der Waals surface area contributed by atoms with E-state index < -0.39 is 0 Å². The van der Waals surface area contributed by atoms with Crippen LogP contribution in [0.4, 0.5) is 5.82 Å². The Morgan fingerprint density at radius 1 is 1.17 bits per heavy atom. The number of hydrogen-bond acceptors (Lipinski definition) is 6. The summed E-state index contributed by atoms with van der Waals surface area (Å²) in [5.41, 5.74) is 11.7. The summed E-state index contributed by atoms with van der Waals surface area (Å²) < 4.78 is 7.26. The van der Waals surface area contributed by atoms with Crippen LogP contribution in [0.1, 0.15) is 30.4 Å². The molecule has 1 fully saturated rings. The monoisotopic (exact) mass is 400 g/mol. The standard InChI is InChI=1S/C23H24N6O/c24-12-19-14-27-29-15-18(16-5-9-30-10-6-16)11-21(23(19)29)17-1-2-22(26-13-17)28-7-3-20(25)4-8-28/h1-2,5,11,13-15,20H,3-4,6-10,25H2. The van der Waals surface area contributed by atoms with E-state index in [0.717, 1.165) is 67.0 Å². The zero-order chi connectivity index (χ0) is 20.5. The number of ether oxygens (including phenoxy) is 1. The Kier molecular flexibility index (Phi) is 4.95. The van der Waals surface area contributed by atoms with Crippen LogP contribution in [0, 0.1) is 11.3 Å². The van der Waals surface area contributed by atoms with Crippen LogP contribution in [-0.2, 0) is 4.74 Å². The lowest BCUT2D eigenvalue weighted by molar-refractivity contribution is 0.161. The van der Waals surface area contributed by atoms with Gasteiger partial charge in [-0.3, -0.25) is 0 Å². The molecule has 0 radical (unpaired) electrons. The Bertz CT molecular complexity index is 1130. The minimum absolute atomic E-state index is 0.294. The van der Waals surface area contributed by atoms with Gasteiger partial charge in [0.2, 0.25) is 0 Å². The van der Waals surface area contributed by atoms with E-state index in [4.69, 9.17) is 15.5 Å². The number of hydrogen-bond donors (Lipinski definition) is 1. The first-order chi connectivity index (χ1) is 14.7. The van der Waals surface area contributed by atoms with Crippen molar-refractivity contribution in [3.63, 3.8) is 0 Å². The molecule has 0 saturated carbocycles. The van der Waals surface area contributed by atoms with Gasteiger partial charge in [-0.2, -0.15) is 10.4 Å². The molecule has 3 aromatic heterocycles. The zero-order valence-electron chi connectivity index (χ0n) is 16.8. The van der Waals surface area contributed by atoms with Gasteiger partial charge in [0.1, 0.15) is 11.9 Å². The fraction of sp³-hybridized carbons (Fsp3) is 0.348. The summed E-state index contributed by atoms with van der Waals surface area (Å²) in [7, 11) is 0. The first-order valence-electron chi connectivity index (χ1n) is 10.4. The Labute approximate surface area is 175 Å². The van der Waals surface area contributed by atoms with E-state index in [0.29, 0.717) is 18.2 Å². The zero-order valence-corrected chi connectivity index (χ0v) is 16.8. The molecule has 5 rings (SSSR count). The van der Waals surface area contributed by atoms with Crippen molar-refractivity contribution >= 4 is 16.9 Å². The molecule has 0 aromatic carbocycles. The molecule has 152 valence electrons. The maximum Gasteiger partial charge on any atom is 0.128 e. The van der Waals surface area contributed by atoms with Gasteiger partial charge in [-0.25, -0.2) is 9.50 Å². The largest absolute Gasteiger partial charge is 0.377 e. The minimum atomic E-state index is 0.294. The number of anilines is 1. The van der Waals surface area contributed by atoms with Gasteiger partial charge in [-0.1, -0.05) is 6.08 Å². The van der Waals surface area contributed by atoms with Crippen molar-refractivity contribution in [3.05, 3.63) is 54.0 Å². The van der Waals surface area contributed by atoms with Gasteiger partial charge < -0.3 is 15.4 Å². The molecule has 5 heterocycles. The SMILES string of the molecule is N#Cc1cnn2cc(C3=CCOCC3)cc(-c3ccc(N4CCC(N)CC4)nc3)c12. The lowest BCUT2D eigenvalue weighted by atomic mass is 9.97. The maximum atomic E-state index is 9.59. The molecule has 2 N–H and O–H groups in total. The quantitative estimate of drug-likeness (QED) is 0.727. The first-order valence-corrected chi connectivity index (χ1v) is 10.4. The number of nitrogens with zero attached hydrogens (tertiary/aromatic N) is 5. The molecule has 7 nitrogen and oxygen atoms in total. The Hall–Kier alpha value is -3.21. The second-order valence-electron chi connectivity index (χ2n) is 7.89. The molecule has 2 aliphatic rings. The van der Waals surface area contributed by atoms with Crippen LogP contribution in [-0.4, -0.2) is 46.9 Å². The van der Waals surface area contributed by atoms with Crippen molar-refractivity contribution in [2.24, 2.45) is 5.73 Å². The highest BCUT2D eigenvalue weighted by molar-refractivity contribution is 5.87. The van der Waals surface area contributed by atoms with Crippen molar-refractivity contribution < 1.29 is 4.74 Å². The third-order valence-electron chi connectivity index (χ3n) is 5.99. The summed E-state index contributed by atoms with van der Waals surface area (Å²) in [6, 6.07) is 8.85. The number of piperidine rings is 1. The highest BCUT2D eigenvalue weighted by atomic mass is 16.5. The second kappa shape index (κ2) is 7.90. The molecule has 3 aromatic rings. The fourth-order valence-electron chi connectivity index (χ4n) is 4.25. The summed E-state index contributed by atoms with van der Waals surface area (Å²) in [6.45, 7) is 3.22. The maximum absolute atomic E-state index is 9.59. The average molecular weight is 400 g/mol. The number of aromatic nitrogens is 3. The highest BCUT2D eigenvalue weighted by Gasteiger charge is 2.19. The van der Waals surface area contributed by atoms with E-state index in [2.05, 4.69) is 40.3 Å².